The lowest BCUT2D eigenvalue weighted by Gasteiger charge is -2.09. The van der Waals surface area contributed by atoms with Gasteiger partial charge in [0.2, 0.25) is 17.6 Å². The standard InChI is InChI=1S/C16H12ClF2N3O4/c17-10-8-9(3-4-11(10)25-16(18)19)20-13(23)5-6-14-21-15(22-26-14)12-2-1-7-24-12/h1-4,7-8,16H,5-6H2,(H,20,23). The van der Waals surface area contributed by atoms with E-state index < -0.39 is 6.61 Å². The van der Waals surface area contributed by atoms with Gasteiger partial charge in [0.05, 0.1) is 11.3 Å². The quantitative estimate of drug-likeness (QED) is 0.659. The molecule has 0 aliphatic heterocycles. The molecule has 2 heterocycles. The second kappa shape index (κ2) is 7.96. The fraction of sp³-hybridized carbons (Fsp3) is 0.188. The van der Waals surface area contributed by atoms with Crippen molar-refractivity contribution in [2.75, 3.05) is 5.32 Å². The molecule has 0 aliphatic carbocycles. The van der Waals surface area contributed by atoms with Gasteiger partial charge in [0, 0.05) is 18.5 Å². The average molecular weight is 384 g/mol. The number of nitrogens with zero attached hydrogens (tertiary/aromatic N) is 2. The van der Waals surface area contributed by atoms with Crippen molar-refractivity contribution in [2.24, 2.45) is 0 Å². The summed E-state index contributed by atoms with van der Waals surface area (Å²) in [4.78, 5) is 16.1. The van der Waals surface area contributed by atoms with Crippen LogP contribution in [0.5, 0.6) is 5.75 Å². The Bertz CT molecular complexity index is 884. The SMILES string of the molecule is O=C(CCc1nc(-c2ccco2)no1)Nc1ccc(OC(F)F)c(Cl)c1. The number of ether oxygens (including phenoxy) is 1. The van der Waals surface area contributed by atoms with Crippen molar-refractivity contribution in [3.05, 3.63) is 47.5 Å². The molecule has 3 aromatic rings. The number of alkyl halides is 2. The number of anilines is 1. The van der Waals surface area contributed by atoms with Crippen molar-refractivity contribution < 1.29 is 27.3 Å². The average Bonchev–Trinajstić information content (AvgIpc) is 3.26. The zero-order valence-corrected chi connectivity index (χ0v) is 13.9. The molecule has 0 radical (unpaired) electrons. The second-order valence-corrected chi connectivity index (χ2v) is 5.47. The van der Waals surface area contributed by atoms with Crippen LogP contribution in [0.25, 0.3) is 11.6 Å². The first-order valence-corrected chi connectivity index (χ1v) is 7.80. The number of carbonyl (C=O) groups excluding carboxylic acids is 1. The molecular weight excluding hydrogens is 372 g/mol. The molecule has 0 aliphatic rings. The number of hydrogen-bond donors (Lipinski definition) is 1. The zero-order valence-electron chi connectivity index (χ0n) is 13.1. The molecule has 1 aromatic carbocycles. The minimum atomic E-state index is -2.98. The number of aromatic nitrogens is 2. The molecule has 0 saturated carbocycles. The third-order valence-electron chi connectivity index (χ3n) is 3.21. The Morgan fingerprint density at radius 1 is 1.35 bits per heavy atom. The van der Waals surface area contributed by atoms with Crippen LogP contribution < -0.4 is 10.1 Å². The van der Waals surface area contributed by atoms with Gasteiger partial charge in [-0.3, -0.25) is 4.79 Å². The molecule has 0 saturated heterocycles. The summed E-state index contributed by atoms with van der Waals surface area (Å²) in [5.74, 6) is 0.541. The minimum absolute atomic E-state index is 0.0388. The molecule has 2 aromatic heterocycles. The van der Waals surface area contributed by atoms with E-state index in [-0.39, 0.29) is 35.4 Å². The van der Waals surface area contributed by atoms with Crippen LogP contribution in [0.2, 0.25) is 5.02 Å². The van der Waals surface area contributed by atoms with Gasteiger partial charge in [0.15, 0.2) is 5.76 Å². The maximum Gasteiger partial charge on any atom is 0.387 e. The van der Waals surface area contributed by atoms with Gasteiger partial charge in [-0.05, 0) is 30.3 Å². The van der Waals surface area contributed by atoms with Crippen molar-refractivity contribution in [1.82, 2.24) is 10.1 Å². The van der Waals surface area contributed by atoms with E-state index >= 15 is 0 Å². The fourth-order valence-corrected chi connectivity index (χ4v) is 2.30. The van der Waals surface area contributed by atoms with Crippen molar-refractivity contribution >= 4 is 23.2 Å². The number of carbonyl (C=O) groups is 1. The van der Waals surface area contributed by atoms with E-state index in [0.29, 0.717) is 17.3 Å². The van der Waals surface area contributed by atoms with Gasteiger partial charge in [0.25, 0.3) is 0 Å². The highest BCUT2D eigenvalue weighted by atomic mass is 35.5. The Morgan fingerprint density at radius 2 is 2.19 bits per heavy atom. The maximum absolute atomic E-state index is 12.2. The maximum atomic E-state index is 12.2. The van der Waals surface area contributed by atoms with Gasteiger partial charge >= 0.3 is 6.61 Å². The summed E-state index contributed by atoms with van der Waals surface area (Å²) < 4.78 is 38.8. The molecule has 1 N–H and O–H groups in total. The Hall–Kier alpha value is -2.94. The number of rotatable bonds is 7. The molecule has 0 fully saturated rings. The molecule has 1 amide bonds. The number of amides is 1. The summed E-state index contributed by atoms with van der Waals surface area (Å²) in [5, 5.41) is 6.32. The molecule has 136 valence electrons. The monoisotopic (exact) mass is 383 g/mol. The van der Waals surface area contributed by atoms with Crippen LogP contribution in [-0.2, 0) is 11.2 Å². The molecule has 0 bridgehead atoms. The van der Waals surface area contributed by atoms with Crippen molar-refractivity contribution in [2.45, 2.75) is 19.5 Å². The van der Waals surface area contributed by atoms with Crippen LogP contribution in [-0.4, -0.2) is 22.7 Å². The van der Waals surface area contributed by atoms with Crippen LogP contribution in [0.3, 0.4) is 0 Å². The molecule has 26 heavy (non-hydrogen) atoms. The van der Waals surface area contributed by atoms with Gasteiger partial charge in [-0.25, -0.2) is 0 Å². The Balaban J connectivity index is 1.53. The van der Waals surface area contributed by atoms with Gasteiger partial charge in [-0.1, -0.05) is 16.8 Å². The normalized spacial score (nSPS) is 10.9. The van der Waals surface area contributed by atoms with Gasteiger partial charge in [-0.2, -0.15) is 13.8 Å². The van der Waals surface area contributed by atoms with E-state index in [2.05, 4.69) is 20.2 Å². The third-order valence-corrected chi connectivity index (χ3v) is 3.50. The summed E-state index contributed by atoms with van der Waals surface area (Å²) in [7, 11) is 0. The molecule has 0 spiro atoms. The number of hydrogen-bond acceptors (Lipinski definition) is 6. The van der Waals surface area contributed by atoms with Crippen LogP contribution in [0, 0.1) is 0 Å². The first-order chi connectivity index (χ1) is 12.5. The summed E-state index contributed by atoms with van der Waals surface area (Å²) in [5.41, 5.74) is 0.350. The zero-order chi connectivity index (χ0) is 18.5. The molecular formula is C16H12ClF2N3O4. The van der Waals surface area contributed by atoms with Gasteiger partial charge in [-0.15, -0.1) is 0 Å². The molecule has 7 nitrogen and oxygen atoms in total. The number of aryl methyl sites for hydroxylation is 1. The minimum Gasteiger partial charge on any atom is -0.461 e. The smallest absolute Gasteiger partial charge is 0.387 e. The summed E-state index contributed by atoms with van der Waals surface area (Å²) in [6, 6.07) is 7.36. The van der Waals surface area contributed by atoms with Crippen molar-refractivity contribution in [3.8, 4) is 17.3 Å². The van der Waals surface area contributed by atoms with E-state index in [1.54, 1.807) is 12.1 Å². The molecule has 10 heteroatoms. The van der Waals surface area contributed by atoms with Crippen LogP contribution in [0.1, 0.15) is 12.3 Å². The van der Waals surface area contributed by atoms with E-state index in [9.17, 15) is 13.6 Å². The predicted molar refractivity (Wildman–Crippen MR) is 87.0 cm³/mol. The van der Waals surface area contributed by atoms with E-state index in [4.69, 9.17) is 20.5 Å². The molecule has 0 atom stereocenters. The molecule has 3 rings (SSSR count). The van der Waals surface area contributed by atoms with Gasteiger partial charge < -0.3 is 19.0 Å². The van der Waals surface area contributed by atoms with E-state index in [0.717, 1.165) is 0 Å². The topological polar surface area (TPSA) is 90.4 Å². The lowest BCUT2D eigenvalue weighted by Crippen LogP contribution is -2.12. The number of furan rings is 1. The number of nitrogens with one attached hydrogen (secondary N) is 1. The lowest BCUT2D eigenvalue weighted by atomic mass is 10.2. The third kappa shape index (κ3) is 4.57. The van der Waals surface area contributed by atoms with E-state index in [1.807, 2.05) is 0 Å². The highest BCUT2D eigenvalue weighted by Crippen LogP contribution is 2.29. The largest absolute Gasteiger partial charge is 0.461 e. The fourth-order valence-electron chi connectivity index (χ4n) is 2.08. The first-order valence-electron chi connectivity index (χ1n) is 7.42. The summed E-state index contributed by atoms with van der Waals surface area (Å²) in [6.45, 7) is -2.98. The highest BCUT2D eigenvalue weighted by molar-refractivity contribution is 6.32. The van der Waals surface area contributed by atoms with E-state index in [1.165, 1.54) is 24.5 Å². The van der Waals surface area contributed by atoms with Crippen LogP contribution >= 0.6 is 11.6 Å². The number of halogens is 3. The van der Waals surface area contributed by atoms with Crippen molar-refractivity contribution in [3.63, 3.8) is 0 Å². The lowest BCUT2D eigenvalue weighted by molar-refractivity contribution is -0.116. The van der Waals surface area contributed by atoms with Gasteiger partial charge in [0.1, 0.15) is 5.75 Å². The number of benzene rings is 1. The predicted octanol–water partition coefficient (Wildman–Crippen LogP) is 4.16. The summed E-state index contributed by atoms with van der Waals surface area (Å²) in [6.07, 6.45) is 1.79. The summed E-state index contributed by atoms with van der Waals surface area (Å²) >= 11 is 5.83. The Kier molecular flexibility index (Phi) is 5.47. The van der Waals surface area contributed by atoms with Crippen molar-refractivity contribution in [1.29, 1.82) is 0 Å². The van der Waals surface area contributed by atoms with Crippen LogP contribution in [0.4, 0.5) is 14.5 Å². The highest BCUT2D eigenvalue weighted by Gasteiger charge is 2.13. The second-order valence-electron chi connectivity index (χ2n) is 5.06. The van der Waals surface area contributed by atoms with Crippen LogP contribution in [0.15, 0.2) is 45.5 Å². The molecule has 0 unspecified atom stereocenters. The Morgan fingerprint density at radius 3 is 2.88 bits per heavy atom. The Labute approximate surface area is 150 Å². The first kappa shape index (κ1) is 17.9.